The fraction of sp³-hybridized carbons (Fsp3) is 0.421. The van der Waals surface area contributed by atoms with E-state index in [1.165, 1.54) is 48.2 Å². The van der Waals surface area contributed by atoms with Gasteiger partial charge in [0.2, 0.25) is 0 Å². The summed E-state index contributed by atoms with van der Waals surface area (Å²) in [6.45, 7) is 4.96. The molecule has 0 N–H and O–H groups in total. The van der Waals surface area contributed by atoms with Crippen molar-refractivity contribution in [1.82, 2.24) is 0 Å². The maximum absolute atomic E-state index is 5.89. The highest BCUT2D eigenvalue weighted by molar-refractivity contribution is 6.02. The van der Waals surface area contributed by atoms with Crippen molar-refractivity contribution in [2.75, 3.05) is 6.61 Å². The summed E-state index contributed by atoms with van der Waals surface area (Å²) in [7, 11) is 0. The Morgan fingerprint density at radius 3 is 2.52 bits per heavy atom. The van der Waals surface area contributed by atoms with Crippen LogP contribution in [0.2, 0.25) is 0 Å². The molecule has 0 bridgehead atoms. The molecule has 0 saturated heterocycles. The summed E-state index contributed by atoms with van der Waals surface area (Å²) in [6.07, 6.45) is 5.87. The van der Waals surface area contributed by atoms with Gasteiger partial charge in [-0.05, 0) is 68.4 Å². The molecule has 0 radical (unpaired) electrons. The Morgan fingerprint density at radius 2 is 1.81 bits per heavy atom. The first-order valence-corrected chi connectivity index (χ1v) is 7.97. The molecule has 0 unspecified atom stereocenters. The molecule has 110 valence electrons. The minimum atomic E-state index is 0.758. The molecule has 0 aromatic heterocycles. The van der Waals surface area contributed by atoms with Gasteiger partial charge in [-0.15, -0.1) is 0 Å². The summed E-state index contributed by atoms with van der Waals surface area (Å²) in [6, 6.07) is 10.2. The maximum Gasteiger partial charge on any atom is 0.104 e. The number of hydrogen-bond donors (Lipinski definition) is 0. The Labute approximate surface area is 127 Å². The number of benzene rings is 1. The van der Waals surface area contributed by atoms with Crippen LogP contribution in [0.15, 0.2) is 57.8 Å². The van der Waals surface area contributed by atoms with E-state index in [4.69, 9.17) is 9.73 Å². The van der Waals surface area contributed by atoms with Crippen LogP contribution in [0.25, 0.3) is 0 Å². The monoisotopic (exact) mass is 281 g/mol. The predicted octanol–water partition coefficient (Wildman–Crippen LogP) is 5.34. The third-order valence-corrected chi connectivity index (χ3v) is 4.31. The van der Waals surface area contributed by atoms with Gasteiger partial charge in [0.1, 0.15) is 5.76 Å². The summed E-state index contributed by atoms with van der Waals surface area (Å²) in [5.74, 6) is 1.20. The number of aliphatic imine (C=N–C) groups is 1. The van der Waals surface area contributed by atoms with Crippen LogP contribution in [0.4, 0.5) is 5.69 Å². The van der Waals surface area contributed by atoms with Gasteiger partial charge >= 0.3 is 0 Å². The lowest BCUT2D eigenvalue weighted by atomic mass is 9.89. The number of rotatable bonds is 4. The van der Waals surface area contributed by atoms with E-state index >= 15 is 0 Å². The molecule has 2 aliphatic carbocycles. The van der Waals surface area contributed by atoms with E-state index in [0.29, 0.717) is 0 Å². The van der Waals surface area contributed by atoms with Gasteiger partial charge in [0.15, 0.2) is 0 Å². The second kappa shape index (κ2) is 6.30. The topological polar surface area (TPSA) is 21.6 Å². The van der Waals surface area contributed by atoms with Gasteiger partial charge in [-0.2, -0.15) is 0 Å². The highest BCUT2D eigenvalue weighted by atomic mass is 16.5. The lowest BCUT2D eigenvalue weighted by Gasteiger charge is -2.17. The molecule has 0 atom stereocenters. The molecule has 1 fully saturated rings. The second-order valence-corrected chi connectivity index (χ2v) is 5.71. The van der Waals surface area contributed by atoms with E-state index < -0.39 is 0 Å². The molecule has 0 amide bonds. The zero-order valence-electron chi connectivity index (χ0n) is 13.0. The molecule has 0 aliphatic heterocycles. The number of nitrogens with zero attached hydrogens (tertiary/aromatic N) is 1. The SMILES string of the molecule is CCOC1=C2CCCCC2=C(C(C)=Nc2ccccc2)C1. The number of allylic oxidation sites excluding steroid dienone is 3. The average Bonchev–Trinajstić information content (AvgIpc) is 2.88. The van der Waals surface area contributed by atoms with Gasteiger partial charge in [0, 0.05) is 12.1 Å². The molecule has 1 aromatic rings. The van der Waals surface area contributed by atoms with Gasteiger partial charge in [-0.1, -0.05) is 18.2 Å². The van der Waals surface area contributed by atoms with Crippen molar-refractivity contribution < 1.29 is 4.74 Å². The minimum absolute atomic E-state index is 0.758. The van der Waals surface area contributed by atoms with Gasteiger partial charge in [0.05, 0.1) is 12.3 Å². The summed E-state index contributed by atoms with van der Waals surface area (Å²) < 4.78 is 5.89. The van der Waals surface area contributed by atoms with Crippen molar-refractivity contribution in [1.29, 1.82) is 0 Å². The molecular formula is C19H23NO. The lowest BCUT2D eigenvalue weighted by Crippen LogP contribution is -2.02. The quantitative estimate of drug-likeness (QED) is 0.682. The van der Waals surface area contributed by atoms with Gasteiger partial charge < -0.3 is 4.74 Å². The highest BCUT2D eigenvalue weighted by Crippen LogP contribution is 2.42. The van der Waals surface area contributed by atoms with Gasteiger partial charge in [0.25, 0.3) is 0 Å². The average molecular weight is 281 g/mol. The molecule has 0 spiro atoms. The first kappa shape index (κ1) is 14.1. The third-order valence-electron chi connectivity index (χ3n) is 4.31. The first-order valence-electron chi connectivity index (χ1n) is 7.97. The van der Waals surface area contributed by atoms with E-state index in [1.54, 1.807) is 0 Å². The first-order chi connectivity index (χ1) is 10.3. The van der Waals surface area contributed by atoms with Crippen molar-refractivity contribution >= 4 is 11.4 Å². The van der Waals surface area contributed by atoms with E-state index in [-0.39, 0.29) is 0 Å². The van der Waals surface area contributed by atoms with E-state index in [1.807, 2.05) is 18.2 Å². The van der Waals surface area contributed by atoms with E-state index in [0.717, 1.165) is 24.4 Å². The summed E-state index contributed by atoms with van der Waals surface area (Å²) in [5, 5.41) is 0. The zero-order chi connectivity index (χ0) is 14.7. The Balaban J connectivity index is 1.90. The molecule has 2 aliphatic rings. The summed E-state index contributed by atoms with van der Waals surface area (Å²) in [5.41, 5.74) is 6.57. The number of ether oxygens (including phenoxy) is 1. The molecule has 2 heteroatoms. The molecule has 1 aromatic carbocycles. The maximum atomic E-state index is 5.89. The Bertz CT molecular complexity index is 608. The van der Waals surface area contributed by atoms with E-state index in [2.05, 4.69) is 26.0 Å². The third kappa shape index (κ3) is 2.94. The van der Waals surface area contributed by atoms with Crippen LogP contribution in [-0.4, -0.2) is 12.3 Å². The molecule has 3 rings (SSSR count). The van der Waals surface area contributed by atoms with Crippen molar-refractivity contribution in [2.24, 2.45) is 4.99 Å². The molecule has 21 heavy (non-hydrogen) atoms. The summed E-state index contributed by atoms with van der Waals surface area (Å²) >= 11 is 0. The highest BCUT2D eigenvalue weighted by Gasteiger charge is 2.28. The smallest absolute Gasteiger partial charge is 0.104 e. The fourth-order valence-corrected chi connectivity index (χ4v) is 3.34. The van der Waals surface area contributed by atoms with Crippen molar-refractivity contribution in [2.45, 2.75) is 46.0 Å². The Kier molecular flexibility index (Phi) is 4.23. The standard InChI is InChI=1S/C19H23NO/c1-3-21-19-13-18(16-11-7-8-12-17(16)19)14(2)20-15-9-5-4-6-10-15/h4-6,9-10H,3,7-8,11-13H2,1-2H3. The largest absolute Gasteiger partial charge is 0.498 e. The fourth-order valence-electron chi connectivity index (χ4n) is 3.34. The minimum Gasteiger partial charge on any atom is -0.498 e. The van der Waals surface area contributed by atoms with Crippen LogP contribution in [0.1, 0.15) is 46.0 Å². The Morgan fingerprint density at radius 1 is 1.10 bits per heavy atom. The second-order valence-electron chi connectivity index (χ2n) is 5.71. The van der Waals surface area contributed by atoms with Gasteiger partial charge in [-0.25, -0.2) is 0 Å². The van der Waals surface area contributed by atoms with Crippen LogP contribution >= 0.6 is 0 Å². The van der Waals surface area contributed by atoms with Crippen LogP contribution < -0.4 is 0 Å². The molecule has 1 saturated carbocycles. The van der Waals surface area contributed by atoms with Crippen LogP contribution in [-0.2, 0) is 4.74 Å². The molecule has 2 nitrogen and oxygen atoms in total. The lowest BCUT2D eigenvalue weighted by molar-refractivity contribution is 0.221. The van der Waals surface area contributed by atoms with Crippen LogP contribution in [0, 0.1) is 0 Å². The van der Waals surface area contributed by atoms with Crippen molar-refractivity contribution in [3.05, 3.63) is 52.8 Å². The van der Waals surface area contributed by atoms with Gasteiger partial charge in [-0.3, -0.25) is 4.99 Å². The van der Waals surface area contributed by atoms with Crippen LogP contribution in [0.3, 0.4) is 0 Å². The zero-order valence-corrected chi connectivity index (χ0v) is 13.0. The predicted molar refractivity (Wildman–Crippen MR) is 88.0 cm³/mol. The number of para-hydroxylation sites is 1. The van der Waals surface area contributed by atoms with Crippen molar-refractivity contribution in [3.63, 3.8) is 0 Å². The molecule has 0 heterocycles. The Hall–Kier alpha value is -1.83. The van der Waals surface area contributed by atoms with E-state index in [9.17, 15) is 0 Å². The molecular weight excluding hydrogens is 258 g/mol. The number of hydrogen-bond acceptors (Lipinski definition) is 2. The summed E-state index contributed by atoms with van der Waals surface area (Å²) in [4.78, 5) is 4.80. The van der Waals surface area contributed by atoms with Crippen LogP contribution in [0.5, 0.6) is 0 Å². The number of fused-ring (bicyclic) bond motifs is 1. The van der Waals surface area contributed by atoms with Crippen molar-refractivity contribution in [3.8, 4) is 0 Å². The normalized spacial score (nSPS) is 19.0.